The number of hydrogen-bond donors (Lipinski definition) is 1. The van der Waals surface area contributed by atoms with Crippen LogP contribution in [0.4, 0.5) is 11.8 Å². The first-order valence-electron chi connectivity index (χ1n) is 11.6. The molecule has 2 N–H and O–H groups in total. The van der Waals surface area contributed by atoms with Crippen LogP contribution in [-0.2, 0) is 11.3 Å². The Hall–Kier alpha value is -2.40. The smallest absolute Gasteiger partial charge is 0.219 e. The fourth-order valence-electron chi connectivity index (χ4n) is 4.69. The highest BCUT2D eigenvalue weighted by Gasteiger charge is 2.26. The normalized spacial score (nSPS) is 20.7. The third kappa shape index (κ3) is 4.79. The summed E-state index contributed by atoms with van der Waals surface area (Å²) in [6.07, 6.45) is 5.82. The number of nitrogen functional groups attached to an aromatic ring is 1. The van der Waals surface area contributed by atoms with Gasteiger partial charge in [0, 0.05) is 36.4 Å². The summed E-state index contributed by atoms with van der Waals surface area (Å²) < 4.78 is 5.68. The van der Waals surface area contributed by atoms with Crippen LogP contribution in [0.15, 0.2) is 18.5 Å². The molecule has 0 aromatic carbocycles. The van der Waals surface area contributed by atoms with E-state index in [0.29, 0.717) is 25.1 Å². The van der Waals surface area contributed by atoms with Gasteiger partial charge in [0.05, 0.1) is 30.2 Å². The molecule has 3 aromatic rings. The quantitative estimate of drug-likeness (QED) is 0.606. The van der Waals surface area contributed by atoms with Crippen molar-refractivity contribution in [2.45, 2.75) is 38.4 Å². The Morgan fingerprint density at radius 3 is 2.67 bits per heavy atom. The van der Waals surface area contributed by atoms with E-state index in [2.05, 4.69) is 51.8 Å². The van der Waals surface area contributed by atoms with E-state index < -0.39 is 0 Å². The summed E-state index contributed by atoms with van der Waals surface area (Å²) in [5.41, 5.74) is 6.46. The Morgan fingerprint density at radius 2 is 1.94 bits per heavy atom. The Kier molecular flexibility index (Phi) is 6.42. The molecule has 3 aromatic heterocycles. The average molecular weight is 469 g/mol. The summed E-state index contributed by atoms with van der Waals surface area (Å²) >= 11 is 1.75. The summed E-state index contributed by atoms with van der Waals surface area (Å²) in [5.74, 6) is 1.84. The van der Waals surface area contributed by atoms with Crippen molar-refractivity contribution >= 4 is 33.3 Å². The first-order valence-corrected chi connectivity index (χ1v) is 12.4. The number of hydrogen-bond acceptors (Lipinski definition) is 10. The molecule has 10 heteroatoms. The maximum atomic E-state index is 5.69. The summed E-state index contributed by atoms with van der Waals surface area (Å²) in [4.78, 5) is 27.7. The molecule has 2 fully saturated rings. The molecule has 2 aliphatic rings. The van der Waals surface area contributed by atoms with Gasteiger partial charge in [-0.05, 0) is 53.0 Å². The number of ether oxygens (including phenoxy) is 1. The van der Waals surface area contributed by atoms with Crippen LogP contribution in [0.25, 0.3) is 21.6 Å². The SMILES string of the molecule is C[C@H]1COCCN1c1nc(-c2cnc(N)nc2)nc2sc(CN(C)C3CCN(C)CC3)cc12. The molecule has 0 bridgehead atoms. The van der Waals surface area contributed by atoms with Crippen molar-refractivity contribution in [1.29, 1.82) is 0 Å². The van der Waals surface area contributed by atoms with Gasteiger partial charge in [0.15, 0.2) is 5.82 Å². The van der Waals surface area contributed by atoms with Crippen molar-refractivity contribution in [2.24, 2.45) is 0 Å². The first kappa shape index (κ1) is 22.4. The highest BCUT2D eigenvalue weighted by Crippen LogP contribution is 2.35. The maximum absolute atomic E-state index is 5.69. The lowest BCUT2D eigenvalue weighted by Gasteiger charge is -2.35. The molecular weight excluding hydrogens is 436 g/mol. The molecule has 5 rings (SSSR count). The lowest BCUT2D eigenvalue weighted by Crippen LogP contribution is -2.44. The number of fused-ring (bicyclic) bond motifs is 1. The van der Waals surface area contributed by atoms with E-state index >= 15 is 0 Å². The van der Waals surface area contributed by atoms with Crippen LogP contribution in [0.1, 0.15) is 24.6 Å². The van der Waals surface area contributed by atoms with Crippen molar-refractivity contribution in [3.05, 3.63) is 23.3 Å². The van der Waals surface area contributed by atoms with Crippen LogP contribution in [0.2, 0.25) is 0 Å². The molecule has 2 saturated heterocycles. The molecule has 176 valence electrons. The highest BCUT2D eigenvalue weighted by atomic mass is 32.1. The fraction of sp³-hybridized carbons (Fsp3) is 0.565. The Bertz CT molecular complexity index is 1100. The minimum atomic E-state index is 0.247. The third-order valence-corrected chi connectivity index (χ3v) is 7.72. The zero-order valence-corrected chi connectivity index (χ0v) is 20.4. The predicted molar refractivity (Wildman–Crippen MR) is 132 cm³/mol. The molecule has 2 aliphatic heterocycles. The monoisotopic (exact) mass is 468 g/mol. The van der Waals surface area contributed by atoms with E-state index in [1.54, 1.807) is 23.7 Å². The number of anilines is 2. The van der Waals surface area contributed by atoms with Gasteiger partial charge in [-0.2, -0.15) is 0 Å². The summed E-state index contributed by atoms with van der Waals surface area (Å²) in [6.45, 7) is 7.64. The Labute approximate surface area is 198 Å². The van der Waals surface area contributed by atoms with Crippen LogP contribution >= 0.6 is 11.3 Å². The van der Waals surface area contributed by atoms with E-state index in [1.165, 1.54) is 30.8 Å². The standard InChI is InChI=1S/C23H32N8OS/c1-15-14-32-9-8-31(15)21-19-10-18(13-30(3)17-4-6-29(2)7-5-17)33-22(19)28-20(27-21)16-11-25-23(24)26-12-16/h10-12,15,17H,4-9,13-14H2,1-3H3,(H2,24,25,26)/t15-/m0/s1. The van der Waals surface area contributed by atoms with Crippen molar-refractivity contribution in [3.8, 4) is 11.4 Å². The van der Waals surface area contributed by atoms with E-state index in [0.717, 1.165) is 34.7 Å². The van der Waals surface area contributed by atoms with E-state index in [-0.39, 0.29) is 12.0 Å². The van der Waals surface area contributed by atoms with Gasteiger partial charge in [-0.3, -0.25) is 4.90 Å². The molecule has 1 atom stereocenters. The van der Waals surface area contributed by atoms with Gasteiger partial charge in [-0.15, -0.1) is 11.3 Å². The number of nitrogens with two attached hydrogens (primary N) is 1. The molecule has 0 spiro atoms. The van der Waals surface area contributed by atoms with Gasteiger partial charge < -0.3 is 20.3 Å². The lowest BCUT2D eigenvalue weighted by atomic mass is 10.0. The second-order valence-corrected chi connectivity index (χ2v) is 10.3. The van der Waals surface area contributed by atoms with Gasteiger partial charge in [0.25, 0.3) is 0 Å². The van der Waals surface area contributed by atoms with Crippen molar-refractivity contribution in [3.63, 3.8) is 0 Å². The molecule has 0 saturated carbocycles. The molecule has 5 heterocycles. The van der Waals surface area contributed by atoms with Crippen LogP contribution < -0.4 is 10.6 Å². The van der Waals surface area contributed by atoms with Crippen LogP contribution in [0, 0.1) is 0 Å². The number of rotatable bonds is 5. The van der Waals surface area contributed by atoms with Crippen molar-refractivity contribution in [1.82, 2.24) is 29.7 Å². The fourth-order valence-corrected chi connectivity index (χ4v) is 5.77. The van der Waals surface area contributed by atoms with Crippen molar-refractivity contribution in [2.75, 3.05) is 57.6 Å². The number of aromatic nitrogens is 4. The molecule has 33 heavy (non-hydrogen) atoms. The molecule has 0 unspecified atom stereocenters. The van der Waals surface area contributed by atoms with E-state index in [1.807, 2.05) is 0 Å². The molecule has 0 amide bonds. The van der Waals surface area contributed by atoms with Crippen LogP contribution in [-0.4, -0.2) is 88.8 Å². The highest BCUT2D eigenvalue weighted by molar-refractivity contribution is 7.18. The van der Waals surface area contributed by atoms with Gasteiger partial charge in [-0.25, -0.2) is 19.9 Å². The zero-order valence-electron chi connectivity index (χ0n) is 19.6. The topological polar surface area (TPSA) is 96.5 Å². The molecular formula is C23H32N8OS. The van der Waals surface area contributed by atoms with Crippen LogP contribution in [0.5, 0.6) is 0 Å². The third-order valence-electron chi connectivity index (χ3n) is 6.71. The summed E-state index contributed by atoms with van der Waals surface area (Å²) in [5, 5.41) is 1.11. The summed E-state index contributed by atoms with van der Waals surface area (Å²) in [6, 6.07) is 3.16. The first-order chi connectivity index (χ1) is 16.0. The van der Waals surface area contributed by atoms with Gasteiger partial charge in [0.1, 0.15) is 10.6 Å². The number of morpholine rings is 1. The second-order valence-electron chi connectivity index (χ2n) is 9.20. The Balaban J connectivity index is 1.50. The van der Waals surface area contributed by atoms with Gasteiger partial charge in [-0.1, -0.05) is 0 Å². The zero-order chi connectivity index (χ0) is 22.9. The number of thiophene rings is 1. The lowest BCUT2D eigenvalue weighted by molar-refractivity contribution is 0.0987. The second kappa shape index (κ2) is 9.46. The number of likely N-dealkylation sites (tertiary alicyclic amines) is 1. The van der Waals surface area contributed by atoms with E-state index in [4.69, 9.17) is 20.4 Å². The minimum absolute atomic E-state index is 0.247. The Morgan fingerprint density at radius 1 is 1.18 bits per heavy atom. The predicted octanol–water partition coefficient (Wildman–Crippen LogP) is 2.48. The van der Waals surface area contributed by atoms with Gasteiger partial charge in [0.2, 0.25) is 5.95 Å². The average Bonchev–Trinajstić information content (AvgIpc) is 3.22. The molecule has 0 aliphatic carbocycles. The maximum Gasteiger partial charge on any atom is 0.219 e. The number of nitrogens with zero attached hydrogens (tertiary/aromatic N) is 7. The van der Waals surface area contributed by atoms with Crippen molar-refractivity contribution < 1.29 is 4.74 Å². The minimum Gasteiger partial charge on any atom is -0.377 e. The molecule has 9 nitrogen and oxygen atoms in total. The molecule has 0 radical (unpaired) electrons. The number of piperidine rings is 1. The van der Waals surface area contributed by atoms with Gasteiger partial charge >= 0.3 is 0 Å². The van der Waals surface area contributed by atoms with Crippen LogP contribution in [0.3, 0.4) is 0 Å². The summed E-state index contributed by atoms with van der Waals surface area (Å²) in [7, 11) is 4.45. The van der Waals surface area contributed by atoms with E-state index in [9.17, 15) is 0 Å². The largest absolute Gasteiger partial charge is 0.377 e.